The summed E-state index contributed by atoms with van der Waals surface area (Å²) in [7, 11) is 0. The molecular weight excluding hydrogens is 328 g/mol. The van der Waals surface area contributed by atoms with Crippen molar-refractivity contribution in [3.05, 3.63) is 76.5 Å². The highest BCUT2D eigenvalue weighted by Crippen LogP contribution is 2.21. The molecule has 1 aromatic carbocycles. The van der Waals surface area contributed by atoms with Crippen LogP contribution in [-0.4, -0.2) is 32.3 Å². The number of nitro benzene ring substituents is 1. The molecule has 0 fully saturated rings. The molecular formula is C16H14N4O5. The first kappa shape index (κ1) is 16.4. The first-order valence-corrected chi connectivity index (χ1v) is 7.35. The summed E-state index contributed by atoms with van der Waals surface area (Å²) in [6.45, 7) is -0.0509. The zero-order chi connectivity index (χ0) is 17.8. The van der Waals surface area contributed by atoms with Gasteiger partial charge in [-0.05, 0) is 24.3 Å². The lowest BCUT2D eigenvalue weighted by atomic mass is 10.2. The van der Waals surface area contributed by atoms with Crippen molar-refractivity contribution >= 4 is 11.6 Å². The predicted octanol–water partition coefficient (Wildman–Crippen LogP) is 1.84. The molecule has 1 unspecified atom stereocenters. The largest absolute Gasteiger partial charge is 0.467 e. The van der Waals surface area contributed by atoms with Crippen LogP contribution < -0.4 is 5.32 Å². The number of carbonyl (C=O) groups excluding carboxylic acids is 1. The van der Waals surface area contributed by atoms with Gasteiger partial charge in [0, 0.05) is 12.3 Å². The van der Waals surface area contributed by atoms with Crippen LogP contribution in [0.25, 0.3) is 5.69 Å². The number of aliphatic hydroxyl groups excluding tert-OH is 1. The summed E-state index contributed by atoms with van der Waals surface area (Å²) in [6, 6.07) is 10.8. The number of benzene rings is 1. The summed E-state index contributed by atoms with van der Waals surface area (Å²) < 4.78 is 6.31. The molecule has 0 aliphatic heterocycles. The van der Waals surface area contributed by atoms with Crippen LogP contribution in [0.15, 0.2) is 59.3 Å². The minimum Gasteiger partial charge on any atom is -0.467 e. The number of nitro groups is 1. The fourth-order valence-corrected chi connectivity index (χ4v) is 2.25. The molecule has 1 amide bonds. The highest BCUT2D eigenvalue weighted by molar-refractivity contribution is 5.92. The Kier molecular flexibility index (Phi) is 4.57. The van der Waals surface area contributed by atoms with Crippen molar-refractivity contribution in [2.24, 2.45) is 0 Å². The van der Waals surface area contributed by atoms with E-state index in [1.165, 1.54) is 35.3 Å². The molecule has 0 spiro atoms. The van der Waals surface area contributed by atoms with E-state index in [9.17, 15) is 20.0 Å². The number of hydrogen-bond donors (Lipinski definition) is 2. The van der Waals surface area contributed by atoms with E-state index < -0.39 is 16.9 Å². The molecule has 0 saturated heterocycles. The summed E-state index contributed by atoms with van der Waals surface area (Å²) in [4.78, 5) is 22.7. The molecule has 2 N–H and O–H groups in total. The smallest absolute Gasteiger partial charge is 0.294 e. The second-order valence-electron chi connectivity index (χ2n) is 5.13. The molecule has 9 heteroatoms. The Hall–Kier alpha value is -3.46. The van der Waals surface area contributed by atoms with Crippen LogP contribution in [0.5, 0.6) is 0 Å². The fourth-order valence-electron chi connectivity index (χ4n) is 2.25. The minimum atomic E-state index is -0.976. The molecule has 3 aromatic rings. The van der Waals surface area contributed by atoms with Gasteiger partial charge in [-0.2, -0.15) is 5.10 Å². The van der Waals surface area contributed by atoms with Crippen LogP contribution in [0, 0.1) is 10.1 Å². The van der Waals surface area contributed by atoms with E-state index in [2.05, 4.69) is 10.4 Å². The van der Waals surface area contributed by atoms with Crippen LogP contribution in [0.3, 0.4) is 0 Å². The van der Waals surface area contributed by atoms with Crippen molar-refractivity contribution in [3.63, 3.8) is 0 Å². The normalized spacial score (nSPS) is 11.9. The first-order chi connectivity index (χ1) is 12.1. The van der Waals surface area contributed by atoms with Crippen LogP contribution >= 0.6 is 0 Å². The number of rotatable bonds is 6. The third kappa shape index (κ3) is 3.56. The molecule has 0 aliphatic rings. The van der Waals surface area contributed by atoms with E-state index in [1.807, 2.05) is 0 Å². The van der Waals surface area contributed by atoms with Gasteiger partial charge in [0.25, 0.3) is 11.6 Å². The maximum Gasteiger partial charge on any atom is 0.294 e. The van der Waals surface area contributed by atoms with Gasteiger partial charge < -0.3 is 14.8 Å². The molecule has 0 aliphatic carbocycles. The van der Waals surface area contributed by atoms with Gasteiger partial charge in [0.15, 0.2) is 5.69 Å². The van der Waals surface area contributed by atoms with Crippen LogP contribution in [-0.2, 0) is 0 Å². The highest BCUT2D eigenvalue weighted by atomic mass is 16.6. The zero-order valence-corrected chi connectivity index (χ0v) is 12.9. The minimum absolute atomic E-state index is 0.0509. The Labute approximate surface area is 141 Å². The van der Waals surface area contributed by atoms with Gasteiger partial charge >= 0.3 is 0 Å². The number of para-hydroxylation sites is 2. The summed E-state index contributed by atoms with van der Waals surface area (Å²) in [5, 5.41) is 27.5. The molecule has 2 heterocycles. The fraction of sp³-hybridized carbons (Fsp3) is 0.125. The number of hydrogen-bond acceptors (Lipinski definition) is 6. The topological polar surface area (TPSA) is 123 Å². The molecule has 0 saturated carbocycles. The van der Waals surface area contributed by atoms with Crippen molar-refractivity contribution in [2.45, 2.75) is 6.10 Å². The van der Waals surface area contributed by atoms with Gasteiger partial charge in [-0.25, -0.2) is 4.68 Å². The molecule has 0 radical (unpaired) electrons. The maximum absolute atomic E-state index is 12.1. The molecule has 3 rings (SSSR count). The summed E-state index contributed by atoms with van der Waals surface area (Å²) in [6.07, 6.45) is 1.91. The number of nitrogens with one attached hydrogen (secondary N) is 1. The van der Waals surface area contributed by atoms with Gasteiger partial charge in [-0.1, -0.05) is 12.1 Å². The maximum atomic E-state index is 12.1. The van der Waals surface area contributed by atoms with Crippen LogP contribution in [0.4, 0.5) is 5.69 Å². The average Bonchev–Trinajstić information content (AvgIpc) is 3.30. The zero-order valence-electron chi connectivity index (χ0n) is 12.9. The second-order valence-corrected chi connectivity index (χ2v) is 5.13. The molecule has 0 bridgehead atoms. The van der Waals surface area contributed by atoms with Crippen LogP contribution in [0.2, 0.25) is 0 Å². The van der Waals surface area contributed by atoms with E-state index in [0.717, 1.165) is 0 Å². The first-order valence-electron chi connectivity index (χ1n) is 7.35. The number of nitrogens with zero attached hydrogens (tertiary/aromatic N) is 3. The number of aliphatic hydroxyl groups is 1. The van der Waals surface area contributed by atoms with E-state index in [-0.39, 0.29) is 23.6 Å². The lowest BCUT2D eigenvalue weighted by Crippen LogP contribution is -2.28. The SMILES string of the molecule is O=C(NCC(O)c1ccco1)c1ccn(-c2ccccc2[N+](=O)[O-])n1. The van der Waals surface area contributed by atoms with Crippen molar-refractivity contribution < 1.29 is 19.2 Å². The molecule has 1 atom stereocenters. The van der Waals surface area contributed by atoms with Crippen molar-refractivity contribution in [1.29, 1.82) is 0 Å². The summed E-state index contributed by atoms with van der Waals surface area (Å²) in [5.41, 5.74) is 0.206. The Balaban J connectivity index is 1.71. The summed E-state index contributed by atoms with van der Waals surface area (Å²) in [5.74, 6) is -0.173. The van der Waals surface area contributed by atoms with Crippen LogP contribution in [0.1, 0.15) is 22.4 Å². The van der Waals surface area contributed by atoms with Gasteiger partial charge in [0.1, 0.15) is 17.6 Å². The van der Waals surface area contributed by atoms with E-state index in [0.29, 0.717) is 5.76 Å². The van der Waals surface area contributed by atoms with E-state index >= 15 is 0 Å². The third-order valence-electron chi connectivity index (χ3n) is 3.47. The third-order valence-corrected chi connectivity index (χ3v) is 3.47. The number of carbonyl (C=O) groups is 1. The van der Waals surface area contributed by atoms with Crippen molar-refractivity contribution in [3.8, 4) is 5.69 Å². The molecule has 25 heavy (non-hydrogen) atoms. The van der Waals surface area contributed by atoms with Gasteiger partial charge in [-0.3, -0.25) is 14.9 Å². The van der Waals surface area contributed by atoms with Gasteiger partial charge in [0.05, 0.1) is 17.7 Å². The standard InChI is InChI=1S/C16H14N4O5/c21-14(15-6-3-9-25-15)10-17-16(22)11-7-8-19(18-11)12-4-1-2-5-13(12)20(23)24/h1-9,14,21H,10H2,(H,17,22). The highest BCUT2D eigenvalue weighted by Gasteiger charge is 2.18. The van der Waals surface area contributed by atoms with E-state index in [1.54, 1.807) is 24.3 Å². The van der Waals surface area contributed by atoms with Gasteiger partial charge in [-0.15, -0.1) is 0 Å². The predicted molar refractivity (Wildman–Crippen MR) is 86.2 cm³/mol. The lowest BCUT2D eigenvalue weighted by molar-refractivity contribution is -0.384. The Bertz CT molecular complexity index is 888. The molecule has 2 aromatic heterocycles. The number of amides is 1. The Morgan fingerprint density at radius 3 is 2.84 bits per heavy atom. The average molecular weight is 342 g/mol. The second kappa shape index (κ2) is 6.97. The monoisotopic (exact) mass is 342 g/mol. The molecule has 128 valence electrons. The quantitative estimate of drug-likeness (QED) is 0.520. The Morgan fingerprint density at radius 2 is 2.12 bits per heavy atom. The van der Waals surface area contributed by atoms with Gasteiger partial charge in [0.2, 0.25) is 0 Å². The number of furan rings is 1. The van der Waals surface area contributed by atoms with Crippen molar-refractivity contribution in [2.75, 3.05) is 6.54 Å². The number of aromatic nitrogens is 2. The Morgan fingerprint density at radius 1 is 1.32 bits per heavy atom. The van der Waals surface area contributed by atoms with Crippen molar-refractivity contribution in [1.82, 2.24) is 15.1 Å². The summed E-state index contributed by atoms with van der Waals surface area (Å²) >= 11 is 0. The molecule has 9 nitrogen and oxygen atoms in total. The lowest BCUT2D eigenvalue weighted by Gasteiger charge is -2.08. The van der Waals surface area contributed by atoms with E-state index in [4.69, 9.17) is 4.42 Å².